The van der Waals surface area contributed by atoms with Gasteiger partial charge in [-0.2, -0.15) is 4.98 Å². The number of primary amides is 1. The summed E-state index contributed by atoms with van der Waals surface area (Å²) in [7, 11) is -2.22. The van der Waals surface area contributed by atoms with Crippen molar-refractivity contribution in [2.75, 3.05) is 54.7 Å². The van der Waals surface area contributed by atoms with Gasteiger partial charge in [0.05, 0.1) is 59.4 Å². The predicted molar refractivity (Wildman–Crippen MR) is 153 cm³/mol. The average Bonchev–Trinajstić information content (AvgIpc) is 2.91. The molecule has 0 bridgehead atoms. The Bertz CT molecular complexity index is 1510. The lowest BCUT2D eigenvalue weighted by atomic mass is 10.2. The van der Waals surface area contributed by atoms with Crippen molar-refractivity contribution >= 4 is 62.0 Å². The van der Waals surface area contributed by atoms with Gasteiger partial charge in [-0.15, -0.1) is 0 Å². The Kier molecular flexibility index (Phi) is 8.71. The number of amides is 1. The van der Waals surface area contributed by atoms with Crippen LogP contribution < -0.4 is 36.5 Å². The van der Waals surface area contributed by atoms with E-state index in [9.17, 15) is 13.2 Å². The van der Waals surface area contributed by atoms with Crippen molar-refractivity contribution in [2.24, 2.45) is 5.73 Å². The average molecular weight is 592 g/mol. The second-order valence-electron chi connectivity index (χ2n) is 9.02. The third kappa shape index (κ3) is 6.41. The molecule has 1 aliphatic rings. The van der Waals surface area contributed by atoms with E-state index >= 15 is 0 Å². The van der Waals surface area contributed by atoms with Crippen molar-refractivity contribution in [1.29, 1.82) is 0 Å². The molecular formula is C25H30ClN7O6S. The van der Waals surface area contributed by atoms with Crippen molar-refractivity contribution in [3.63, 3.8) is 0 Å². The van der Waals surface area contributed by atoms with Crippen molar-refractivity contribution in [3.05, 3.63) is 41.6 Å². The summed E-state index contributed by atoms with van der Waals surface area (Å²) in [6, 6.07) is 7.50. The summed E-state index contributed by atoms with van der Waals surface area (Å²) in [5.41, 5.74) is 13.4. The Morgan fingerprint density at radius 3 is 2.52 bits per heavy atom. The molecule has 0 radical (unpaired) electrons. The molecule has 1 aliphatic heterocycles. The molecule has 0 unspecified atom stereocenters. The minimum Gasteiger partial charge on any atom is -0.494 e. The molecular weight excluding hydrogens is 562 g/mol. The molecule has 13 nitrogen and oxygen atoms in total. The van der Waals surface area contributed by atoms with Gasteiger partial charge in [0, 0.05) is 25.2 Å². The molecule has 1 amide bonds. The summed E-state index contributed by atoms with van der Waals surface area (Å²) in [4.78, 5) is 22.0. The Morgan fingerprint density at radius 2 is 1.88 bits per heavy atom. The minimum atomic E-state index is -3.75. The van der Waals surface area contributed by atoms with E-state index in [1.54, 1.807) is 19.9 Å². The van der Waals surface area contributed by atoms with Crippen LogP contribution in [-0.2, 0) is 14.6 Å². The van der Waals surface area contributed by atoms with E-state index in [4.69, 9.17) is 37.3 Å². The number of ether oxygens (including phenoxy) is 3. The van der Waals surface area contributed by atoms with Crippen LogP contribution in [0, 0.1) is 0 Å². The van der Waals surface area contributed by atoms with Gasteiger partial charge in [0.25, 0.3) is 0 Å². The minimum absolute atomic E-state index is 0.0294. The largest absolute Gasteiger partial charge is 0.494 e. The lowest BCUT2D eigenvalue weighted by Crippen LogP contribution is -2.36. The van der Waals surface area contributed by atoms with Crippen molar-refractivity contribution < 1.29 is 27.4 Å². The first kappa shape index (κ1) is 29.0. The zero-order valence-corrected chi connectivity index (χ0v) is 23.7. The van der Waals surface area contributed by atoms with Crippen LogP contribution in [0.1, 0.15) is 13.8 Å². The van der Waals surface area contributed by atoms with Gasteiger partial charge in [0.2, 0.25) is 5.95 Å². The highest BCUT2D eigenvalue weighted by Crippen LogP contribution is 2.38. The number of hydrogen-bond acceptors (Lipinski definition) is 12. The first-order valence-electron chi connectivity index (χ1n) is 12.2. The van der Waals surface area contributed by atoms with Crippen LogP contribution in [-0.4, -0.2) is 63.1 Å². The van der Waals surface area contributed by atoms with Crippen LogP contribution in [0.4, 0.5) is 39.3 Å². The van der Waals surface area contributed by atoms with E-state index in [1.165, 1.54) is 31.5 Å². The molecule has 1 saturated heterocycles. The fourth-order valence-corrected chi connectivity index (χ4v) is 5.30. The van der Waals surface area contributed by atoms with E-state index in [1.807, 2.05) is 6.07 Å². The number of morpholine rings is 1. The summed E-state index contributed by atoms with van der Waals surface area (Å²) in [6.45, 7) is 5.72. The van der Waals surface area contributed by atoms with Crippen LogP contribution in [0.15, 0.2) is 41.4 Å². The molecule has 4 rings (SSSR count). The first-order chi connectivity index (χ1) is 19.0. The van der Waals surface area contributed by atoms with Gasteiger partial charge in [-0.25, -0.2) is 18.2 Å². The molecule has 214 valence electrons. The quantitative estimate of drug-likeness (QED) is 0.265. The SMILES string of the molecule is COc1cc(N2CCOCC2)c(N)cc1Nc1ncc(Cl)c(Nc2cc(OC(N)=O)ccc2S(=O)(=O)C(C)C)n1. The van der Waals surface area contributed by atoms with Gasteiger partial charge in [-0.1, -0.05) is 11.6 Å². The molecule has 15 heteroatoms. The number of nitrogens with two attached hydrogens (primary N) is 2. The molecule has 0 saturated carbocycles. The number of nitrogen functional groups attached to an aromatic ring is 1. The van der Waals surface area contributed by atoms with Crippen LogP contribution in [0.2, 0.25) is 5.02 Å². The maximum atomic E-state index is 13.0. The van der Waals surface area contributed by atoms with Gasteiger partial charge in [-0.05, 0) is 32.0 Å². The monoisotopic (exact) mass is 591 g/mol. The normalized spacial score (nSPS) is 13.7. The zero-order valence-electron chi connectivity index (χ0n) is 22.1. The lowest BCUT2D eigenvalue weighted by Gasteiger charge is -2.30. The van der Waals surface area contributed by atoms with E-state index in [0.29, 0.717) is 43.4 Å². The van der Waals surface area contributed by atoms with Gasteiger partial charge in [-0.3, -0.25) is 0 Å². The zero-order chi connectivity index (χ0) is 29.0. The van der Waals surface area contributed by atoms with Crippen molar-refractivity contribution in [1.82, 2.24) is 9.97 Å². The molecule has 0 spiro atoms. The number of benzene rings is 2. The highest BCUT2D eigenvalue weighted by molar-refractivity contribution is 7.92. The first-order valence-corrected chi connectivity index (χ1v) is 14.1. The van der Waals surface area contributed by atoms with Gasteiger partial charge in [0.15, 0.2) is 15.7 Å². The van der Waals surface area contributed by atoms with Crippen LogP contribution in [0.5, 0.6) is 11.5 Å². The molecule has 6 N–H and O–H groups in total. The molecule has 3 aromatic rings. The Balaban J connectivity index is 1.68. The second-order valence-corrected chi connectivity index (χ2v) is 11.9. The molecule has 2 aromatic carbocycles. The molecule has 1 aromatic heterocycles. The number of nitrogens with zero attached hydrogens (tertiary/aromatic N) is 3. The number of halogens is 1. The number of carbonyl (C=O) groups excluding carboxylic acids is 1. The lowest BCUT2D eigenvalue weighted by molar-refractivity contribution is 0.122. The maximum absolute atomic E-state index is 13.0. The molecule has 2 heterocycles. The number of methoxy groups -OCH3 is 1. The van der Waals surface area contributed by atoms with Gasteiger partial charge < -0.3 is 41.2 Å². The highest BCUT2D eigenvalue weighted by Gasteiger charge is 2.25. The van der Waals surface area contributed by atoms with Gasteiger partial charge >= 0.3 is 6.09 Å². The van der Waals surface area contributed by atoms with Crippen LogP contribution >= 0.6 is 11.6 Å². The van der Waals surface area contributed by atoms with E-state index in [0.717, 1.165) is 5.69 Å². The smallest absolute Gasteiger partial charge is 0.409 e. The Morgan fingerprint density at radius 1 is 1.15 bits per heavy atom. The van der Waals surface area contributed by atoms with Crippen molar-refractivity contribution in [2.45, 2.75) is 24.0 Å². The molecule has 0 atom stereocenters. The molecule has 0 aliphatic carbocycles. The van der Waals surface area contributed by atoms with E-state index < -0.39 is 21.2 Å². The summed E-state index contributed by atoms with van der Waals surface area (Å²) in [5, 5.41) is 5.38. The fourth-order valence-electron chi connectivity index (χ4n) is 3.98. The number of rotatable bonds is 9. The molecule has 40 heavy (non-hydrogen) atoms. The topological polar surface area (TPSA) is 184 Å². The highest BCUT2D eigenvalue weighted by atomic mass is 35.5. The third-order valence-electron chi connectivity index (χ3n) is 6.04. The van der Waals surface area contributed by atoms with Crippen molar-refractivity contribution in [3.8, 4) is 11.5 Å². The third-order valence-corrected chi connectivity index (χ3v) is 8.53. The standard InChI is InChI=1S/C25H30ClN7O6S/c1-14(2)40(35,36)22-5-4-15(39-24(28)34)10-19(22)30-23-16(26)13-29-25(32-23)31-18-11-17(27)20(12-21(18)37-3)33-6-8-38-9-7-33/h4-5,10-14H,6-9,27H2,1-3H3,(H2,28,34)(H2,29,30,31,32). The van der Waals surface area contributed by atoms with E-state index in [-0.39, 0.29) is 33.1 Å². The number of anilines is 6. The summed E-state index contributed by atoms with van der Waals surface area (Å²) in [6.07, 6.45) is 0.294. The maximum Gasteiger partial charge on any atom is 0.409 e. The van der Waals surface area contributed by atoms with E-state index in [2.05, 4.69) is 25.5 Å². The van der Waals surface area contributed by atoms with Crippen LogP contribution in [0.3, 0.4) is 0 Å². The summed E-state index contributed by atoms with van der Waals surface area (Å²) in [5.74, 6) is 0.751. The van der Waals surface area contributed by atoms with Gasteiger partial charge in [0.1, 0.15) is 16.5 Å². The second kappa shape index (κ2) is 12.0. The Labute approximate surface area is 236 Å². The summed E-state index contributed by atoms with van der Waals surface area (Å²) < 4.78 is 42.0. The Hall–Kier alpha value is -4.01. The number of aromatic nitrogens is 2. The number of carbonyl (C=O) groups is 1. The number of sulfone groups is 1. The molecule has 1 fully saturated rings. The summed E-state index contributed by atoms with van der Waals surface area (Å²) >= 11 is 6.36. The number of hydrogen-bond donors (Lipinski definition) is 4. The fraction of sp³-hybridized carbons (Fsp3) is 0.320. The van der Waals surface area contributed by atoms with Crippen LogP contribution in [0.25, 0.3) is 0 Å². The number of nitrogens with one attached hydrogen (secondary N) is 2. The predicted octanol–water partition coefficient (Wildman–Crippen LogP) is 3.68.